The third-order valence-corrected chi connectivity index (χ3v) is 5.37. The van der Waals surface area contributed by atoms with Crippen LogP contribution in [0.3, 0.4) is 0 Å². The lowest BCUT2D eigenvalue weighted by Crippen LogP contribution is -2.37. The molecule has 0 atom stereocenters. The minimum absolute atomic E-state index is 0.200. The molecular formula is C19H18FN5OS. The maximum Gasteiger partial charge on any atom is 0.276 e. The fraction of sp³-hybridized carbons (Fsp3) is 0.211. The van der Waals surface area contributed by atoms with Crippen LogP contribution in [0, 0.1) is 5.95 Å². The number of amides is 1. The molecule has 27 heavy (non-hydrogen) atoms. The van der Waals surface area contributed by atoms with Gasteiger partial charge in [0, 0.05) is 35.9 Å². The Kier molecular flexibility index (Phi) is 4.83. The van der Waals surface area contributed by atoms with Gasteiger partial charge in [-0.25, -0.2) is 20.8 Å². The van der Waals surface area contributed by atoms with Crippen LogP contribution in [0.5, 0.6) is 0 Å². The molecule has 0 saturated carbocycles. The molecule has 2 aromatic heterocycles. The van der Waals surface area contributed by atoms with E-state index in [1.807, 2.05) is 17.5 Å². The molecule has 6 nitrogen and oxygen atoms in total. The van der Waals surface area contributed by atoms with E-state index in [-0.39, 0.29) is 5.56 Å². The highest BCUT2D eigenvalue weighted by molar-refractivity contribution is 7.14. The van der Waals surface area contributed by atoms with Crippen molar-refractivity contribution < 1.29 is 9.18 Å². The van der Waals surface area contributed by atoms with E-state index < -0.39 is 11.9 Å². The lowest BCUT2D eigenvalue weighted by molar-refractivity contribution is 0.0986. The number of thiazole rings is 1. The number of rotatable bonds is 4. The molecule has 0 spiro atoms. The first-order valence-electron chi connectivity index (χ1n) is 8.63. The Balaban J connectivity index is 1.50. The van der Waals surface area contributed by atoms with Crippen LogP contribution in [0.1, 0.15) is 23.2 Å². The number of hydrogen-bond donors (Lipinski definition) is 1. The Morgan fingerprint density at radius 3 is 2.56 bits per heavy atom. The summed E-state index contributed by atoms with van der Waals surface area (Å²) in [6.45, 7) is 2.20. The highest BCUT2D eigenvalue weighted by atomic mass is 32.1. The van der Waals surface area contributed by atoms with E-state index in [0.717, 1.165) is 41.6 Å². The summed E-state index contributed by atoms with van der Waals surface area (Å²) in [6.07, 6.45) is 3.63. The number of halogens is 1. The molecule has 1 saturated heterocycles. The number of nitrogens with two attached hydrogens (primary N) is 1. The van der Waals surface area contributed by atoms with E-state index in [1.165, 1.54) is 35.9 Å². The maximum atomic E-state index is 12.9. The first-order valence-corrected chi connectivity index (χ1v) is 9.51. The van der Waals surface area contributed by atoms with Gasteiger partial charge < -0.3 is 4.90 Å². The van der Waals surface area contributed by atoms with Crippen molar-refractivity contribution in [1.82, 2.24) is 9.97 Å². The molecule has 4 rings (SSSR count). The van der Waals surface area contributed by atoms with Crippen molar-refractivity contribution in [2.75, 3.05) is 23.0 Å². The number of carbonyl (C=O) groups is 1. The molecule has 0 bridgehead atoms. The number of hydrazine groups is 1. The molecule has 2 N–H and O–H groups in total. The number of hydrogen-bond acceptors (Lipinski definition) is 6. The van der Waals surface area contributed by atoms with E-state index in [0.29, 0.717) is 5.13 Å². The predicted molar refractivity (Wildman–Crippen MR) is 104 cm³/mol. The SMILES string of the molecule is NN(C(=O)c1ccc(F)nc1)c1nc(-c2ccc(N3CCCC3)cc2)cs1. The van der Waals surface area contributed by atoms with Crippen LogP contribution in [0.2, 0.25) is 0 Å². The minimum Gasteiger partial charge on any atom is -0.372 e. The van der Waals surface area contributed by atoms with Gasteiger partial charge in [0.2, 0.25) is 11.1 Å². The molecular weight excluding hydrogens is 365 g/mol. The molecule has 0 unspecified atom stereocenters. The average Bonchev–Trinajstić information content (AvgIpc) is 3.40. The second-order valence-electron chi connectivity index (χ2n) is 6.30. The fourth-order valence-corrected chi connectivity index (χ4v) is 3.81. The average molecular weight is 383 g/mol. The summed E-state index contributed by atoms with van der Waals surface area (Å²) in [5, 5.41) is 3.18. The molecule has 1 fully saturated rings. The van der Waals surface area contributed by atoms with Crippen molar-refractivity contribution in [3.05, 3.63) is 59.5 Å². The smallest absolute Gasteiger partial charge is 0.276 e. The van der Waals surface area contributed by atoms with Crippen molar-refractivity contribution >= 4 is 28.1 Å². The van der Waals surface area contributed by atoms with Gasteiger partial charge in [0.25, 0.3) is 5.91 Å². The van der Waals surface area contributed by atoms with E-state index in [4.69, 9.17) is 5.84 Å². The normalized spacial score (nSPS) is 13.8. The first-order chi connectivity index (χ1) is 13.1. The Morgan fingerprint density at radius 1 is 1.15 bits per heavy atom. The quantitative estimate of drug-likeness (QED) is 0.323. The van der Waals surface area contributed by atoms with Crippen LogP contribution in [0.15, 0.2) is 48.0 Å². The summed E-state index contributed by atoms with van der Waals surface area (Å²) in [5.74, 6) is 4.77. The molecule has 1 aliphatic rings. The monoisotopic (exact) mass is 383 g/mol. The Bertz CT molecular complexity index is 935. The number of carbonyl (C=O) groups excluding carboxylic acids is 1. The fourth-order valence-electron chi connectivity index (χ4n) is 3.05. The van der Waals surface area contributed by atoms with Crippen molar-refractivity contribution in [1.29, 1.82) is 0 Å². The minimum atomic E-state index is -0.649. The lowest BCUT2D eigenvalue weighted by Gasteiger charge is -2.17. The second-order valence-corrected chi connectivity index (χ2v) is 7.14. The van der Waals surface area contributed by atoms with Crippen LogP contribution >= 0.6 is 11.3 Å². The summed E-state index contributed by atoms with van der Waals surface area (Å²) >= 11 is 1.27. The van der Waals surface area contributed by atoms with Gasteiger partial charge in [-0.3, -0.25) is 4.79 Å². The third-order valence-electron chi connectivity index (χ3n) is 4.53. The van der Waals surface area contributed by atoms with Gasteiger partial charge in [-0.1, -0.05) is 12.1 Å². The van der Waals surface area contributed by atoms with Crippen LogP contribution in [0.25, 0.3) is 11.3 Å². The molecule has 3 aromatic rings. The van der Waals surface area contributed by atoms with Crippen molar-refractivity contribution in [2.24, 2.45) is 5.84 Å². The predicted octanol–water partition coefficient (Wildman–Crippen LogP) is 3.46. The summed E-state index contributed by atoms with van der Waals surface area (Å²) in [5.41, 5.74) is 3.13. The highest BCUT2D eigenvalue weighted by Gasteiger charge is 2.19. The molecule has 0 aliphatic carbocycles. The van der Waals surface area contributed by atoms with Gasteiger partial charge >= 0.3 is 0 Å². The van der Waals surface area contributed by atoms with Gasteiger partial charge in [0.05, 0.1) is 11.3 Å². The van der Waals surface area contributed by atoms with Crippen molar-refractivity contribution in [3.63, 3.8) is 0 Å². The third kappa shape index (κ3) is 3.67. The maximum absolute atomic E-state index is 12.9. The molecule has 1 aromatic carbocycles. The molecule has 8 heteroatoms. The van der Waals surface area contributed by atoms with Crippen molar-refractivity contribution in [2.45, 2.75) is 12.8 Å². The van der Waals surface area contributed by atoms with E-state index >= 15 is 0 Å². The van der Waals surface area contributed by atoms with Crippen LogP contribution in [0.4, 0.5) is 15.2 Å². The van der Waals surface area contributed by atoms with Gasteiger partial charge in [-0.05, 0) is 37.1 Å². The molecule has 1 amide bonds. The largest absolute Gasteiger partial charge is 0.372 e. The van der Waals surface area contributed by atoms with Gasteiger partial charge in [0.15, 0.2) is 0 Å². The standard InChI is InChI=1S/C19H18FN5OS/c20-17-8-5-14(11-22-17)18(26)25(21)19-23-16(12-27-19)13-3-6-15(7-4-13)24-9-1-2-10-24/h3-8,11-12H,1-2,9-10,21H2. The first kappa shape index (κ1) is 17.6. The zero-order valence-electron chi connectivity index (χ0n) is 14.5. The van der Waals surface area contributed by atoms with Crippen LogP contribution < -0.4 is 15.8 Å². The molecule has 138 valence electrons. The molecule has 1 aliphatic heterocycles. The van der Waals surface area contributed by atoms with E-state index in [2.05, 4.69) is 27.0 Å². The second kappa shape index (κ2) is 7.42. The van der Waals surface area contributed by atoms with E-state index in [9.17, 15) is 9.18 Å². The topological polar surface area (TPSA) is 75.3 Å². The Labute approximate surface area is 160 Å². The summed E-state index contributed by atoms with van der Waals surface area (Å²) in [6, 6.07) is 10.7. The number of aromatic nitrogens is 2. The Morgan fingerprint density at radius 2 is 1.89 bits per heavy atom. The van der Waals surface area contributed by atoms with Crippen LogP contribution in [-0.2, 0) is 0 Å². The number of anilines is 2. The number of pyridine rings is 1. The van der Waals surface area contributed by atoms with Gasteiger partial charge in [0.1, 0.15) is 0 Å². The Hall–Kier alpha value is -2.84. The molecule has 3 heterocycles. The zero-order valence-corrected chi connectivity index (χ0v) is 15.3. The zero-order chi connectivity index (χ0) is 18.8. The summed E-state index contributed by atoms with van der Waals surface area (Å²) in [4.78, 5) is 22.7. The highest BCUT2D eigenvalue weighted by Crippen LogP contribution is 2.29. The van der Waals surface area contributed by atoms with Gasteiger partial charge in [-0.2, -0.15) is 4.39 Å². The summed E-state index contributed by atoms with van der Waals surface area (Å²) in [7, 11) is 0. The van der Waals surface area contributed by atoms with Gasteiger partial charge in [-0.15, -0.1) is 11.3 Å². The van der Waals surface area contributed by atoms with E-state index in [1.54, 1.807) is 0 Å². The number of benzene rings is 1. The van der Waals surface area contributed by atoms with Crippen molar-refractivity contribution in [3.8, 4) is 11.3 Å². The summed E-state index contributed by atoms with van der Waals surface area (Å²) < 4.78 is 12.9. The van der Waals surface area contributed by atoms with Crippen LogP contribution in [-0.4, -0.2) is 29.0 Å². The lowest BCUT2D eigenvalue weighted by atomic mass is 10.1. The molecule has 0 radical (unpaired) electrons. The number of nitrogens with zero attached hydrogens (tertiary/aromatic N) is 4.